The van der Waals surface area contributed by atoms with E-state index >= 15 is 0 Å². The average molecular weight is 869 g/mol. The van der Waals surface area contributed by atoms with E-state index < -0.39 is 12.1 Å². The molecule has 2 saturated heterocycles. The molecular formula is C43H62BrN7O7. The number of benzene rings is 1. The minimum absolute atomic E-state index is 0.128. The van der Waals surface area contributed by atoms with Gasteiger partial charge in [-0.1, -0.05) is 43.6 Å². The van der Waals surface area contributed by atoms with Crippen molar-refractivity contribution in [1.29, 1.82) is 0 Å². The van der Waals surface area contributed by atoms with Gasteiger partial charge in [-0.25, -0.2) is 5.43 Å². The third-order valence-electron chi connectivity index (χ3n) is 11.2. The van der Waals surface area contributed by atoms with Crippen molar-refractivity contribution in [2.75, 3.05) is 58.5 Å². The SMILES string of the molecule is CCn1c(-c2cccnc2C(C)OC)c(CC(C)(C)COC(C)=O)c2cc(N3CCOC(CC(NC(=O)C(C(C)C)N(C)C=O)C(=O)N4CC(Br)CCN4)C3)ccc21. The molecule has 2 N–H and O–H groups in total. The highest BCUT2D eigenvalue weighted by Gasteiger charge is 2.37. The zero-order valence-corrected chi connectivity index (χ0v) is 37.1. The number of fused-ring (bicyclic) bond motifs is 1. The minimum Gasteiger partial charge on any atom is -0.465 e. The number of esters is 1. The third kappa shape index (κ3) is 10.6. The summed E-state index contributed by atoms with van der Waals surface area (Å²) in [4.78, 5) is 60.0. The summed E-state index contributed by atoms with van der Waals surface area (Å²) in [7, 11) is 3.27. The Morgan fingerprint density at radius 3 is 2.60 bits per heavy atom. The molecule has 5 rings (SSSR count). The highest BCUT2D eigenvalue weighted by Crippen LogP contribution is 2.42. The van der Waals surface area contributed by atoms with Crippen LogP contribution in [-0.4, -0.2) is 120 Å². The molecule has 0 radical (unpaired) electrons. The van der Waals surface area contributed by atoms with Gasteiger partial charge in [0, 0.05) is 98.8 Å². The molecule has 4 heterocycles. The number of hydrogen-bond donors (Lipinski definition) is 2. The topological polar surface area (TPSA) is 148 Å². The number of halogens is 1. The maximum atomic E-state index is 14.1. The van der Waals surface area contributed by atoms with Crippen molar-refractivity contribution < 1.29 is 33.4 Å². The Hall–Kier alpha value is -4.05. The Morgan fingerprint density at radius 1 is 1.19 bits per heavy atom. The highest BCUT2D eigenvalue weighted by atomic mass is 79.9. The Bertz CT molecular complexity index is 1920. The second-order valence-corrected chi connectivity index (χ2v) is 17.9. The molecule has 318 valence electrons. The van der Waals surface area contributed by atoms with Crippen molar-refractivity contribution in [3.8, 4) is 11.3 Å². The number of pyridine rings is 1. The van der Waals surface area contributed by atoms with Crippen LogP contribution in [0.2, 0.25) is 0 Å². The molecular weight excluding hydrogens is 806 g/mol. The minimum atomic E-state index is -0.887. The summed E-state index contributed by atoms with van der Waals surface area (Å²) in [6, 6.07) is 8.97. The molecule has 5 atom stereocenters. The lowest BCUT2D eigenvalue weighted by Crippen LogP contribution is -2.60. The van der Waals surface area contributed by atoms with E-state index in [1.54, 1.807) is 25.4 Å². The number of carbonyl (C=O) groups is 4. The summed E-state index contributed by atoms with van der Waals surface area (Å²) in [5.74, 6) is -1.11. The molecule has 0 spiro atoms. The fourth-order valence-electron chi connectivity index (χ4n) is 8.23. The quantitative estimate of drug-likeness (QED) is 0.105. The van der Waals surface area contributed by atoms with Crippen molar-refractivity contribution in [2.24, 2.45) is 11.3 Å². The zero-order valence-electron chi connectivity index (χ0n) is 35.5. The van der Waals surface area contributed by atoms with Gasteiger partial charge in [0.25, 0.3) is 5.91 Å². The largest absolute Gasteiger partial charge is 0.465 e. The van der Waals surface area contributed by atoms with Crippen molar-refractivity contribution >= 4 is 56.7 Å². The number of likely N-dealkylation sites (N-methyl/N-ethyl adjacent to an activating group) is 1. The first-order valence-corrected chi connectivity index (χ1v) is 21.3. The first-order chi connectivity index (χ1) is 27.6. The second-order valence-electron chi connectivity index (χ2n) is 16.6. The second kappa shape index (κ2) is 19.8. The Labute approximate surface area is 351 Å². The lowest BCUT2D eigenvalue weighted by molar-refractivity contribution is -0.144. The van der Waals surface area contributed by atoms with Crippen LogP contribution in [0.3, 0.4) is 0 Å². The lowest BCUT2D eigenvalue weighted by atomic mass is 9.84. The van der Waals surface area contributed by atoms with Crippen LogP contribution in [0.1, 0.15) is 78.7 Å². The number of hydrogen-bond acceptors (Lipinski definition) is 10. The van der Waals surface area contributed by atoms with E-state index in [4.69, 9.17) is 19.2 Å². The van der Waals surface area contributed by atoms with Crippen LogP contribution in [0.4, 0.5) is 5.69 Å². The number of anilines is 1. The molecule has 15 heteroatoms. The number of amides is 3. The number of methoxy groups -OCH3 is 1. The van der Waals surface area contributed by atoms with E-state index in [1.165, 1.54) is 11.8 Å². The number of morpholine rings is 1. The predicted molar refractivity (Wildman–Crippen MR) is 228 cm³/mol. The van der Waals surface area contributed by atoms with Gasteiger partial charge in [0.15, 0.2) is 0 Å². The normalized spacial score (nSPS) is 19.2. The molecule has 2 aliphatic rings. The first-order valence-electron chi connectivity index (χ1n) is 20.4. The van der Waals surface area contributed by atoms with Crippen LogP contribution in [0.25, 0.3) is 22.2 Å². The van der Waals surface area contributed by atoms with Crippen molar-refractivity contribution in [3.05, 3.63) is 47.8 Å². The summed E-state index contributed by atoms with van der Waals surface area (Å²) in [6.07, 6.45) is 3.56. The number of nitrogens with one attached hydrogen (secondary N) is 2. The number of nitrogens with zero attached hydrogens (tertiary/aromatic N) is 5. The van der Waals surface area contributed by atoms with E-state index in [1.807, 2.05) is 26.8 Å². The molecule has 0 aliphatic carbocycles. The number of aromatic nitrogens is 2. The number of rotatable bonds is 17. The van der Waals surface area contributed by atoms with Crippen molar-refractivity contribution in [1.82, 2.24) is 30.2 Å². The number of ether oxygens (including phenoxy) is 3. The van der Waals surface area contributed by atoms with Gasteiger partial charge in [-0.05, 0) is 68.5 Å². The molecule has 2 aliphatic heterocycles. The molecule has 2 fully saturated rings. The molecule has 0 saturated carbocycles. The lowest BCUT2D eigenvalue weighted by Gasteiger charge is -2.38. The smallest absolute Gasteiger partial charge is 0.302 e. The molecule has 14 nitrogen and oxygen atoms in total. The van der Waals surface area contributed by atoms with Crippen molar-refractivity contribution in [2.45, 2.75) is 103 Å². The highest BCUT2D eigenvalue weighted by molar-refractivity contribution is 9.09. The van der Waals surface area contributed by atoms with Gasteiger partial charge in [-0.2, -0.15) is 0 Å². The van der Waals surface area contributed by atoms with Crippen molar-refractivity contribution in [3.63, 3.8) is 0 Å². The molecule has 58 heavy (non-hydrogen) atoms. The average Bonchev–Trinajstić information content (AvgIpc) is 3.50. The Balaban J connectivity index is 1.51. The fourth-order valence-corrected chi connectivity index (χ4v) is 8.75. The van der Waals surface area contributed by atoms with E-state index in [0.717, 1.165) is 45.5 Å². The van der Waals surface area contributed by atoms with Crippen LogP contribution < -0.4 is 15.6 Å². The van der Waals surface area contributed by atoms with E-state index in [2.05, 4.69) is 81.2 Å². The summed E-state index contributed by atoms with van der Waals surface area (Å²) in [5.41, 5.74) is 8.93. The summed E-state index contributed by atoms with van der Waals surface area (Å²) in [6.45, 7) is 17.2. The van der Waals surface area contributed by atoms with Crippen LogP contribution in [-0.2, 0) is 46.4 Å². The fraction of sp³-hybridized carbons (Fsp3) is 0.605. The van der Waals surface area contributed by atoms with Crippen LogP contribution >= 0.6 is 15.9 Å². The predicted octanol–water partition coefficient (Wildman–Crippen LogP) is 5.26. The molecule has 5 unspecified atom stereocenters. The van der Waals surface area contributed by atoms with E-state index in [9.17, 15) is 19.2 Å². The molecule has 3 amide bonds. The van der Waals surface area contributed by atoms with Gasteiger partial charge < -0.3 is 33.9 Å². The van der Waals surface area contributed by atoms with Gasteiger partial charge >= 0.3 is 5.97 Å². The number of carbonyl (C=O) groups excluding carboxylic acids is 4. The third-order valence-corrected chi connectivity index (χ3v) is 11.9. The summed E-state index contributed by atoms with van der Waals surface area (Å²) in [5, 5.41) is 5.68. The summed E-state index contributed by atoms with van der Waals surface area (Å²) < 4.78 is 20.0. The molecule has 0 bridgehead atoms. The van der Waals surface area contributed by atoms with Gasteiger partial charge in [0.1, 0.15) is 12.1 Å². The van der Waals surface area contributed by atoms with Gasteiger partial charge in [0.2, 0.25) is 12.3 Å². The van der Waals surface area contributed by atoms with Gasteiger partial charge in [-0.15, -0.1) is 0 Å². The molecule has 2 aromatic heterocycles. The Kier molecular flexibility index (Phi) is 15.4. The molecule has 3 aromatic rings. The standard InChI is InChI=1S/C43H62BrN7O7/c1-10-50-37-14-13-31(20-34(37)35(22-43(6,7)25-58-29(5)53)40(50)33-12-11-16-45-38(33)28(4)56-9)49-18-19-57-32(24-49)21-36(42(55)51-23-30(44)15-17-46-51)47-41(54)39(27(2)3)48(8)26-52/h11-14,16,20,26-28,30,32,36,39,46H,10,15,17-19,21-25H2,1-9H3,(H,47,54). The van der Waals surface area contributed by atoms with Crippen LogP contribution in [0.5, 0.6) is 0 Å². The zero-order chi connectivity index (χ0) is 42.3. The summed E-state index contributed by atoms with van der Waals surface area (Å²) >= 11 is 3.66. The van der Waals surface area contributed by atoms with Gasteiger partial charge in [-0.3, -0.25) is 29.2 Å². The van der Waals surface area contributed by atoms with Gasteiger partial charge in [0.05, 0.1) is 36.8 Å². The first kappa shape index (κ1) is 45.0. The van der Waals surface area contributed by atoms with Crippen LogP contribution in [0, 0.1) is 11.3 Å². The number of aryl methyl sites for hydroxylation is 1. The van der Waals surface area contributed by atoms with Crippen LogP contribution in [0.15, 0.2) is 36.5 Å². The number of hydrazine groups is 1. The molecule has 1 aromatic carbocycles. The number of alkyl halides is 1. The van der Waals surface area contributed by atoms with E-state index in [0.29, 0.717) is 52.2 Å². The monoisotopic (exact) mass is 867 g/mol. The maximum Gasteiger partial charge on any atom is 0.302 e. The maximum absolute atomic E-state index is 14.1. The Morgan fingerprint density at radius 2 is 1.95 bits per heavy atom. The van der Waals surface area contributed by atoms with E-state index in [-0.39, 0.29) is 59.2 Å².